The Morgan fingerprint density at radius 1 is 1.03 bits per heavy atom. The van der Waals surface area contributed by atoms with Crippen molar-refractivity contribution in [2.75, 3.05) is 4.90 Å². The molecule has 1 aliphatic heterocycles. The van der Waals surface area contributed by atoms with Gasteiger partial charge in [0.2, 0.25) is 5.13 Å². The fourth-order valence-electron chi connectivity index (χ4n) is 3.95. The molecule has 1 N–H and O–H groups in total. The van der Waals surface area contributed by atoms with E-state index in [1.165, 1.54) is 34.1 Å². The molecule has 0 bridgehead atoms. The van der Waals surface area contributed by atoms with Crippen molar-refractivity contribution in [3.63, 3.8) is 0 Å². The molecule has 0 radical (unpaired) electrons. The summed E-state index contributed by atoms with van der Waals surface area (Å²) in [5.41, 5.74) is 2.50. The standard InChI is InChI=1S/C28H20ClN3O3S2/c29-21-13-7-12-20(16-21)24-23(22(33)15-14-18-8-3-1-4-9-18)25(34)26(35)32(24)27-30-31-28(37-27)36-17-19-10-5-2-6-11-19/h1-16,24,34H,17H2. The number of amides is 1. The number of carbonyl (C=O) groups is 2. The summed E-state index contributed by atoms with van der Waals surface area (Å²) in [5, 5.41) is 20.1. The van der Waals surface area contributed by atoms with Crippen LogP contribution in [0.15, 0.2) is 107 Å². The van der Waals surface area contributed by atoms with Crippen LogP contribution >= 0.6 is 34.7 Å². The third kappa shape index (κ3) is 5.51. The number of aromatic nitrogens is 2. The van der Waals surface area contributed by atoms with E-state index < -0.39 is 23.5 Å². The van der Waals surface area contributed by atoms with Gasteiger partial charge in [-0.2, -0.15) is 0 Å². The van der Waals surface area contributed by atoms with E-state index >= 15 is 0 Å². The summed E-state index contributed by atoms with van der Waals surface area (Å²) in [6.07, 6.45) is 3.00. The van der Waals surface area contributed by atoms with Crippen LogP contribution in [0.3, 0.4) is 0 Å². The Balaban J connectivity index is 1.47. The number of nitrogens with zero attached hydrogens (tertiary/aromatic N) is 3. The van der Waals surface area contributed by atoms with Gasteiger partial charge >= 0.3 is 0 Å². The second-order valence-electron chi connectivity index (χ2n) is 8.13. The minimum absolute atomic E-state index is 0.0341. The lowest BCUT2D eigenvalue weighted by Gasteiger charge is -2.23. The maximum atomic E-state index is 13.3. The summed E-state index contributed by atoms with van der Waals surface area (Å²) in [5.74, 6) is -1.11. The largest absolute Gasteiger partial charge is 0.503 e. The third-order valence-electron chi connectivity index (χ3n) is 5.67. The predicted octanol–water partition coefficient (Wildman–Crippen LogP) is 6.67. The normalized spacial score (nSPS) is 15.6. The first-order valence-corrected chi connectivity index (χ1v) is 13.5. The summed E-state index contributed by atoms with van der Waals surface area (Å²) in [7, 11) is 0. The topological polar surface area (TPSA) is 83.4 Å². The van der Waals surface area contributed by atoms with Crippen molar-refractivity contribution in [3.05, 3.63) is 124 Å². The molecule has 1 unspecified atom stereocenters. The van der Waals surface area contributed by atoms with Crippen molar-refractivity contribution in [2.24, 2.45) is 0 Å². The summed E-state index contributed by atoms with van der Waals surface area (Å²) in [6, 6.07) is 25.2. The molecule has 0 aliphatic carbocycles. The second-order valence-corrected chi connectivity index (χ2v) is 10.7. The molecule has 0 saturated heterocycles. The summed E-state index contributed by atoms with van der Waals surface area (Å²) < 4.78 is 0.666. The maximum absolute atomic E-state index is 13.3. The lowest BCUT2D eigenvalue weighted by atomic mass is 9.96. The van der Waals surface area contributed by atoms with Crippen molar-refractivity contribution in [1.82, 2.24) is 10.2 Å². The van der Waals surface area contributed by atoms with Crippen LogP contribution in [0.5, 0.6) is 0 Å². The van der Waals surface area contributed by atoms with Crippen molar-refractivity contribution < 1.29 is 14.7 Å². The van der Waals surface area contributed by atoms with E-state index in [-0.39, 0.29) is 10.7 Å². The number of ketones is 1. The Morgan fingerprint density at radius 2 is 1.76 bits per heavy atom. The van der Waals surface area contributed by atoms with Crippen LogP contribution in [0, 0.1) is 0 Å². The molecule has 4 aromatic rings. The minimum Gasteiger partial charge on any atom is -0.503 e. The Bertz CT molecular complexity index is 1500. The van der Waals surface area contributed by atoms with Crippen LogP contribution < -0.4 is 4.90 Å². The number of anilines is 1. The number of carbonyl (C=O) groups excluding carboxylic acids is 2. The number of halogens is 1. The molecule has 184 valence electrons. The molecule has 1 atom stereocenters. The van der Waals surface area contributed by atoms with Crippen molar-refractivity contribution >= 4 is 57.6 Å². The maximum Gasteiger partial charge on any atom is 0.296 e. The highest BCUT2D eigenvalue weighted by Gasteiger charge is 2.45. The molecule has 1 amide bonds. The number of hydrogen-bond donors (Lipinski definition) is 1. The van der Waals surface area contributed by atoms with E-state index in [0.29, 0.717) is 20.7 Å². The van der Waals surface area contributed by atoms with Gasteiger partial charge in [-0.1, -0.05) is 114 Å². The number of rotatable bonds is 8. The first-order valence-electron chi connectivity index (χ1n) is 11.3. The smallest absolute Gasteiger partial charge is 0.296 e. The van der Waals surface area contributed by atoms with Crippen LogP contribution in [-0.4, -0.2) is 27.0 Å². The molecule has 5 rings (SSSR count). The van der Waals surface area contributed by atoms with Gasteiger partial charge in [-0.3, -0.25) is 14.5 Å². The lowest BCUT2D eigenvalue weighted by molar-refractivity contribution is -0.117. The molecule has 6 nitrogen and oxygen atoms in total. The van der Waals surface area contributed by atoms with Gasteiger partial charge in [0.1, 0.15) is 0 Å². The zero-order chi connectivity index (χ0) is 25.8. The van der Waals surface area contributed by atoms with E-state index in [0.717, 1.165) is 11.1 Å². The van der Waals surface area contributed by atoms with Crippen LogP contribution in [-0.2, 0) is 15.3 Å². The zero-order valence-electron chi connectivity index (χ0n) is 19.3. The summed E-state index contributed by atoms with van der Waals surface area (Å²) in [4.78, 5) is 27.9. The molecule has 0 spiro atoms. The monoisotopic (exact) mass is 545 g/mol. The number of aliphatic hydroxyl groups excluding tert-OH is 1. The highest BCUT2D eigenvalue weighted by molar-refractivity contribution is 8.00. The lowest BCUT2D eigenvalue weighted by Crippen LogP contribution is -2.30. The van der Waals surface area contributed by atoms with Crippen LogP contribution in [0.1, 0.15) is 22.7 Å². The van der Waals surface area contributed by atoms with Gasteiger partial charge in [-0.25, -0.2) is 0 Å². The molecular weight excluding hydrogens is 526 g/mol. The van der Waals surface area contributed by atoms with E-state index in [9.17, 15) is 14.7 Å². The van der Waals surface area contributed by atoms with E-state index in [1.807, 2.05) is 60.7 Å². The second kappa shape index (κ2) is 11.1. The van der Waals surface area contributed by atoms with Gasteiger partial charge in [0.25, 0.3) is 5.91 Å². The molecule has 2 heterocycles. The molecule has 9 heteroatoms. The van der Waals surface area contributed by atoms with E-state index in [4.69, 9.17) is 11.6 Å². The SMILES string of the molecule is O=C(C=Cc1ccccc1)C1=C(O)C(=O)N(c2nnc(SCc3ccccc3)s2)C1c1cccc(Cl)c1. The Hall–Kier alpha value is -3.72. The van der Waals surface area contributed by atoms with Crippen molar-refractivity contribution in [3.8, 4) is 0 Å². The highest BCUT2D eigenvalue weighted by atomic mass is 35.5. The van der Waals surface area contributed by atoms with E-state index in [2.05, 4.69) is 10.2 Å². The average Bonchev–Trinajstić information content (AvgIpc) is 3.49. The minimum atomic E-state index is -0.904. The first kappa shape index (κ1) is 25.0. The average molecular weight is 546 g/mol. The fraction of sp³-hybridized carbons (Fsp3) is 0.0714. The van der Waals surface area contributed by atoms with Crippen LogP contribution in [0.25, 0.3) is 6.08 Å². The number of allylic oxidation sites excluding steroid dienone is 1. The Labute approximate surface area is 226 Å². The Kier molecular flexibility index (Phi) is 7.50. The quantitative estimate of drug-likeness (QED) is 0.151. The van der Waals surface area contributed by atoms with Crippen LogP contribution in [0.2, 0.25) is 5.02 Å². The fourth-order valence-corrected chi connectivity index (χ4v) is 5.97. The van der Waals surface area contributed by atoms with Crippen LogP contribution in [0.4, 0.5) is 5.13 Å². The number of thioether (sulfide) groups is 1. The molecular formula is C28H20ClN3O3S2. The van der Waals surface area contributed by atoms with Crippen molar-refractivity contribution in [1.29, 1.82) is 0 Å². The van der Waals surface area contributed by atoms with Crippen molar-refractivity contribution in [2.45, 2.75) is 16.1 Å². The van der Waals surface area contributed by atoms with E-state index in [1.54, 1.807) is 30.3 Å². The number of aliphatic hydroxyl groups is 1. The molecule has 0 saturated carbocycles. The summed E-state index contributed by atoms with van der Waals surface area (Å²) in [6.45, 7) is 0. The Morgan fingerprint density at radius 3 is 2.49 bits per heavy atom. The number of benzene rings is 3. The molecule has 3 aromatic carbocycles. The number of hydrogen-bond acceptors (Lipinski definition) is 7. The van der Waals surface area contributed by atoms with Gasteiger partial charge in [-0.05, 0) is 34.9 Å². The highest BCUT2D eigenvalue weighted by Crippen LogP contribution is 2.43. The van der Waals surface area contributed by atoms with Gasteiger partial charge < -0.3 is 5.11 Å². The first-order chi connectivity index (χ1) is 18.0. The molecule has 37 heavy (non-hydrogen) atoms. The summed E-state index contributed by atoms with van der Waals surface area (Å²) >= 11 is 8.98. The van der Waals surface area contributed by atoms with Gasteiger partial charge in [0.05, 0.1) is 11.6 Å². The van der Waals surface area contributed by atoms with Gasteiger partial charge in [-0.15, -0.1) is 10.2 Å². The zero-order valence-corrected chi connectivity index (χ0v) is 21.7. The molecule has 0 fully saturated rings. The van der Waals surface area contributed by atoms with Gasteiger partial charge in [0, 0.05) is 10.8 Å². The van der Waals surface area contributed by atoms with Gasteiger partial charge in [0.15, 0.2) is 15.9 Å². The predicted molar refractivity (Wildman–Crippen MR) is 148 cm³/mol. The third-order valence-corrected chi connectivity index (χ3v) is 8.03. The molecule has 1 aliphatic rings. The molecule has 1 aromatic heterocycles.